The summed E-state index contributed by atoms with van der Waals surface area (Å²) >= 11 is 1.39. The van der Waals surface area contributed by atoms with Gasteiger partial charge in [-0.15, -0.1) is 0 Å². The number of phenols is 1. The van der Waals surface area contributed by atoms with E-state index in [1.165, 1.54) is 23.0 Å². The van der Waals surface area contributed by atoms with Crippen molar-refractivity contribution in [1.82, 2.24) is 4.90 Å². The number of carbonyl (C=O) groups is 1. The molecule has 5 nitrogen and oxygen atoms in total. The second-order valence-corrected chi connectivity index (χ2v) is 7.69. The van der Waals surface area contributed by atoms with Crippen LogP contribution in [-0.4, -0.2) is 47.3 Å². The third-order valence-corrected chi connectivity index (χ3v) is 5.83. The van der Waals surface area contributed by atoms with Gasteiger partial charge in [-0.3, -0.25) is 4.79 Å². The van der Waals surface area contributed by atoms with E-state index in [1.807, 2.05) is 6.07 Å². The standard InChI is InChI=1S/C21H21N3O2S/c1-15-6-8-17(9-7-15)23-10-12-24(13-11-23)21-22-20(26)19(27-21)14-16-4-2-3-5-18(16)25/h2-9,14,25H,10-13H2,1H3/b19-14+. The van der Waals surface area contributed by atoms with Gasteiger partial charge in [-0.25, -0.2) is 0 Å². The summed E-state index contributed by atoms with van der Waals surface area (Å²) < 4.78 is 0. The van der Waals surface area contributed by atoms with Crippen molar-refractivity contribution in [3.8, 4) is 5.75 Å². The fourth-order valence-corrected chi connectivity index (χ4v) is 4.15. The van der Waals surface area contributed by atoms with Crippen molar-refractivity contribution in [2.75, 3.05) is 31.1 Å². The number of aromatic hydroxyl groups is 1. The Balaban J connectivity index is 1.41. The van der Waals surface area contributed by atoms with Gasteiger partial charge in [0.2, 0.25) is 0 Å². The zero-order valence-electron chi connectivity index (χ0n) is 15.1. The van der Waals surface area contributed by atoms with Crippen LogP contribution >= 0.6 is 11.8 Å². The zero-order valence-corrected chi connectivity index (χ0v) is 15.9. The summed E-state index contributed by atoms with van der Waals surface area (Å²) in [5, 5.41) is 10.7. The lowest BCUT2D eigenvalue weighted by Crippen LogP contribution is -2.47. The summed E-state index contributed by atoms with van der Waals surface area (Å²) in [4.78, 5) is 21.6. The molecule has 0 saturated carbocycles. The van der Waals surface area contributed by atoms with Gasteiger partial charge in [-0.2, -0.15) is 4.99 Å². The van der Waals surface area contributed by atoms with E-state index in [1.54, 1.807) is 24.3 Å². The van der Waals surface area contributed by atoms with Gasteiger partial charge in [0, 0.05) is 37.4 Å². The smallest absolute Gasteiger partial charge is 0.286 e. The number of rotatable bonds is 2. The predicted octanol–water partition coefficient (Wildman–Crippen LogP) is 3.49. The van der Waals surface area contributed by atoms with Crippen LogP contribution in [-0.2, 0) is 4.79 Å². The second-order valence-electron chi connectivity index (χ2n) is 6.68. The molecule has 6 heteroatoms. The lowest BCUT2D eigenvalue weighted by molar-refractivity contribution is -0.113. The highest BCUT2D eigenvalue weighted by molar-refractivity contribution is 8.18. The molecule has 4 rings (SSSR count). The molecule has 0 radical (unpaired) electrons. The lowest BCUT2D eigenvalue weighted by Gasteiger charge is -2.36. The fraction of sp³-hybridized carbons (Fsp3) is 0.238. The van der Waals surface area contributed by atoms with Gasteiger partial charge in [0.1, 0.15) is 5.75 Å². The highest BCUT2D eigenvalue weighted by Crippen LogP contribution is 2.32. The summed E-state index contributed by atoms with van der Waals surface area (Å²) in [5.41, 5.74) is 3.13. The van der Waals surface area contributed by atoms with Crippen molar-refractivity contribution < 1.29 is 9.90 Å². The normalized spacial score (nSPS) is 18.9. The minimum absolute atomic E-state index is 0.165. The van der Waals surface area contributed by atoms with Crippen LogP contribution in [0.15, 0.2) is 58.4 Å². The van der Waals surface area contributed by atoms with Gasteiger partial charge in [-0.1, -0.05) is 35.9 Å². The molecular formula is C21H21N3O2S. The number of hydrogen-bond donors (Lipinski definition) is 1. The SMILES string of the molecule is Cc1ccc(N2CCN(C3=NC(=O)/C(=C\c4ccccc4O)S3)CC2)cc1. The number of carbonyl (C=O) groups excluding carboxylic acids is 1. The quantitative estimate of drug-likeness (QED) is 0.810. The molecule has 1 fully saturated rings. The van der Waals surface area contributed by atoms with Gasteiger partial charge < -0.3 is 14.9 Å². The fourth-order valence-electron chi connectivity index (χ4n) is 3.20. The van der Waals surface area contributed by atoms with Gasteiger partial charge in [-0.05, 0) is 43.0 Å². The Bertz CT molecular complexity index is 913. The molecule has 1 N–H and O–H groups in total. The van der Waals surface area contributed by atoms with Crippen LogP contribution in [0.25, 0.3) is 6.08 Å². The lowest BCUT2D eigenvalue weighted by atomic mass is 10.2. The number of amides is 1. The number of thioether (sulfide) groups is 1. The molecule has 0 aliphatic carbocycles. The first-order valence-electron chi connectivity index (χ1n) is 8.97. The summed E-state index contributed by atoms with van der Waals surface area (Å²) in [6.45, 7) is 5.55. The van der Waals surface area contributed by atoms with Crippen LogP contribution in [0.2, 0.25) is 0 Å². The molecule has 0 unspecified atom stereocenters. The Morgan fingerprint density at radius 1 is 1.00 bits per heavy atom. The first-order chi connectivity index (χ1) is 13.1. The summed E-state index contributed by atoms with van der Waals surface area (Å²) in [7, 11) is 0. The molecule has 2 heterocycles. The van der Waals surface area contributed by atoms with Gasteiger partial charge >= 0.3 is 0 Å². The molecule has 2 aromatic rings. The summed E-state index contributed by atoms with van der Waals surface area (Å²) in [6, 6.07) is 15.6. The van der Waals surface area contributed by atoms with Crippen LogP contribution in [0, 0.1) is 6.92 Å². The Kier molecular flexibility index (Phi) is 4.90. The Labute approximate surface area is 163 Å². The van der Waals surface area contributed by atoms with Crippen LogP contribution in [0.1, 0.15) is 11.1 Å². The van der Waals surface area contributed by atoms with E-state index >= 15 is 0 Å². The average molecular weight is 379 g/mol. The molecule has 0 spiro atoms. The largest absolute Gasteiger partial charge is 0.507 e. The monoisotopic (exact) mass is 379 g/mol. The van der Waals surface area contributed by atoms with Crippen LogP contribution in [0.4, 0.5) is 5.69 Å². The van der Waals surface area contributed by atoms with E-state index in [-0.39, 0.29) is 11.7 Å². The number of piperazine rings is 1. The van der Waals surface area contributed by atoms with Crippen molar-refractivity contribution >= 4 is 34.6 Å². The summed E-state index contributed by atoms with van der Waals surface area (Å²) in [5.74, 6) is -0.0715. The maximum absolute atomic E-state index is 12.3. The molecule has 0 atom stereocenters. The number of nitrogens with zero attached hydrogens (tertiary/aromatic N) is 3. The third-order valence-electron chi connectivity index (χ3n) is 4.78. The number of para-hydroxylation sites is 1. The van der Waals surface area contributed by atoms with E-state index in [4.69, 9.17) is 0 Å². The van der Waals surface area contributed by atoms with E-state index in [0.717, 1.165) is 31.3 Å². The van der Waals surface area contributed by atoms with Crippen molar-refractivity contribution in [3.05, 3.63) is 64.6 Å². The molecule has 2 aliphatic heterocycles. The number of hydrogen-bond acceptors (Lipinski definition) is 5. The summed E-state index contributed by atoms with van der Waals surface area (Å²) in [6.07, 6.45) is 1.71. The molecule has 1 saturated heterocycles. The average Bonchev–Trinajstić information content (AvgIpc) is 3.05. The Hall–Kier alpha value is -2.73. The third kappa shape index (κ3) is 3.85. The van der Waals surface area contributed by atoms with Crippen LogP contribution < -0.4 is 4.90 Å². The Morgan fingerprint density at radius 2 is 1.67 bits per heavy atom. The number of aliphatic imine (C=N–C) groups is 1. The molecule has 27 heavy (non-hydrogen) atoms. The van der Waals surface area contributed by atoms with E-state index in [9.17, 15) is 9.90 Å². The topological polar surface area (TPSA) is 56.1 Å². The number of phenolic OH excluding ortho intramolecular Hbond substituents is 1. The molecule has 0 aromatic heterocycles. The maximum atomic E-state index is 12.3. The number of aryl methyl sites for hydroxylation is 1. The van der Waals surface area contributed by atoms with Gasteiger partial charge in [0.25, 0.3) is 5.91 Å². The number of amidine groups is 1. The highest BCUT2D eigenvalue weighted by atomic mass is 32.2. The first kappa shape index (κ1) is 17.7. The van der Waals surface area contributed by atoms with Gasteiger partial charge in [0.15, 0.2) is 5.17 Å². The molecule has 2 aromatic carbocycles. The van der Waals surface area contributed by atoms with Crippen LogP contribution in [0.5, 0.6) is 5.75 Å². The van der Waals surface area contributed by atoms with E-state index in [2.05, 4.69) is 46.0 Å². The molecule has 1 amide bonds. The highest BCUT2D eigenvalue weighted by Gasteiger charge is 2.28. The maximum Gasteiger partial charge on any atom is 0.286 e. The molecular weight excluding hydrogens is 358 g/mol. The van der Waals surface area contributed by atoms with Crippen molar-refractivity contribution in [1.29, 1.82) is 0 Å². The zero-order chi connectivity index (χ0) is 18.8. The van der Waals surface area contributed by atoms with Crippen molar-refractivity contribution in [2.45, 2.75) is 6.92 Å². The molecule has 2 aliphatic rings. The Morgan fingerprint density at radius 3 is 2.37 bits per heavy atom. The van der Waals surface area contributed by atoms with Crippen LogP contribution in [0.3, 0.4) is 0 Å². The molecule has 138 valence electrons. The van der Waals surface area contributed by atoms with E-state index < -0.39 is 0 Å². The number of benzene rings is 2. The van der Waals surface area contributed by atoms with E-state index in [0.29, 0.717) is 10.5 Å². The van der Waals surface area contributed by atoms with Gasteiger partial charge in [0.05, 0.1) is 4.91 Å². The second kappa shape index (κ2) is 7.48. The predicted molar refractivity (Wildman–Crippen MR) is 111 cm³/mol. The minimum atomic E-state index is -0.237. The van der Waals surface area contributed by atoms with Crippen molar-refractivity contribution in [3.63, 3.8) is 0 Å². The van der Waals surface area contributed by atoms with Crippen molar-refractivity contribution in [2.24, 2.45) is 4.99 Å². The first-order valence-corrected chi connectivity index (χ1v) is 9.79. The minimum Gasteiger partial charge on any atom is -0.507 e. The number of anilines is 1. The molecule has 0 bridgehead atoms.